The molecule has 0 unspecified atom stereocenters. The van der Waals surface area contributed by atoms with Crippen molar-refractivity contribution in [2.75, 3.05) is 12.8 Å². The van der Waals surface area contributed by atoms with Crippen LogP contribution in [0.3, 0.4) is 0 Å². The third-order valence-corrected chi connectivity index (χ3v) is 2.79. The first kappa shape index (κ1) is 16.0. The number of amides is 2. The Morgan fingerprint density at radius 2 is 2.00 bits per heavy atom. The third kappa shape index (κ3) is 4.23. The van der Waals surface area contributed by atoms with Gasteiger partial charge in [0, 0.05) is 10.2 Å². The standard InChI is InChI=1S/C12H13BrN2O5/c1-6(10(16)15-12(18)19-2)20-11(17)8-5-7(13)3-4-9(8)14/h3-6H,14H2,1-2H3,(H,15,16,18)/t6-/m1/s1. The number of esters is 1. The minimum absolute atomic E-state index is 0.122. The van der Waals surface area contributed by atoms with Crippen molar-refractivity contribution in [3.63, 3.8) is 0 Å². The van der Waals surface area contributed by atoms with Crippen molar-refractivity contribution in [3.8, 4) is 0 Å². The number of halogens is 1. The molecule has 0 bridgehead atoms. The Labute approximate surface area is 123 Å². The van der Waals surface area contributed by atoms with Gasteiger partial charge in [-0.1, -0.05) is 15.9 Å². The number of hydrogen-bond donors (Lipinski definition) is 2. The van der Waals surface area contributed by atoms with Gasteiger partial charge in [0.1, 0.15) is 0 Å². The lowest BCUT2D eigenvalue weighted by atomic mass is 10.2. The van der Waals surface area contributed by atoms with Crippen molar-refractivity contribution in [2.24, 2.45) is 0 Å². The first-order chi connectivity index (χ1) is 9.35. The molecule has 108 valence electrons. The molecule has 1 aromatic carbocycles. The SMILES string of the molecule is COC(=O)NC(=O)[C@@H](C)OC(=O)c1cc(Br)ccc1N. The van der Waals surface area contributed by atoms with Crippen LogP contribution < -0.4 is 11.1 Å². The molecule has 0 aliphatic heterocycles. The highest BCUT2D eigenvalue weighted by Crippen LogP contribution is 2.19. The topological polar surface area (TPSA) is 108 Å². The molecule has 0 aliphatic rings. The summed E-state index contributed by atoms with van der Waals surface area (Å²) < 4.78 is 9.82. The van der Waals surface area contributed by atoms with Crippen LogP contribution in [-0.2, 0) is 14.3 Å². The van der Waals surface area contributed by atoms with Crippen molar-refractivity contribution >= 4 is 39.6 Å². The first-order valence-electron chi connectivity index (χ1n) is 5.50. The van der Waals surface area contributed by atoms with Gasteiger partial charge in [0.25, 0.3) is 5.91 Å². The van der Waals surface area contributed by atoms with E-state index >= 15 is 0 Å². The van der Waals surface area contributed by atoms with Crippen LogP contribution in [0, 0.1) is 0 Å². The summed E-state index contributed by atoms with van der Waals surface area (Å²) in [4.78, 5) is 34.2. The maximum atomic E-state index is 11.9. The van der Waals surface area contributed by atoms with Crippen molar-refractivity contribution in [1.82, 2.24) is 5.32 Å². The second kappa shape index (κ2) is 6.90. The summed E-state index contributed by atoms with van der Waals surface area (Å²) in [7, 11) is 1.11. The van der Waals surface area contributed by atoms with E-state index in [2.05, 4.69) is 20.7 Å². The lowest BCUT2D eigenvalue weighted by molar-refractivity contribution is -0.128. The molecule has 0 spiro atoms. The van der Waals surface area contributed by atoms with Crippen LogP contribution >= 0.6 is 15.9 Å². The van der Waals surface area contributed by atoms with Gasteiger partial charge < -0.3 is 15.2 Å². The number of imide groups is 1. The van der Waals surface area contributed by atoms with Gasteiger partial charge in [0.05, 0.1) is 12.7 Å². The Balaban J connectivity index is 2.72. The number of carbonyl (C=O) groups is 3. The molecule has 0 radical (unpaired) electrons. The van der Waals surface area contributed by atoms with Crippen LogP contribution in [0.4, 0.5) is 10.5 Å². The van der Waals surface area contributed by atoms with Crippen LogP contribution in [0.25, 0.3) is 0 Å². The third-order valence-electron chi connectivity index (χ3n) is 2.30. The van der Waals surface area contributed by atoms with Crippen molar-refractivity contribution in [3.05, 3.63) is 28.2 Å². The summed E-state index contributed by atoms with van der Waals surface area (Å²) in [6.07, 6.45) is -2.10. The quantitative estimate of drug-likeness (QED) is 0.634. The average molecular weight is 345 g/mol. The molecular formula is C12H13BrN2O5. The van der Waals surface area contributed by atoms with Gasteiger partial charge in [0.15, 0.2) is 6.10 Å². The van der Waals surface area contributed by atoms with E-state index < -0.39 is 24.1 Å². The van der Waals surface area contributed by atoms with Crippen LogP contribution in [0.15, 0.2) is 22.7 Å². The molecule has 0 saturated carbocycles. The number of hydrogen-bond acceptors (Lipinski definition) is 6. The normalized spacial score (nSPS) is 11.3. The molecule has 7 nitrogen and oxygen atoms in total. The number of benzene rings is 1. The number of anilines is 1. The molecule has 0 aliphatic carbocycles. The van der Waals surface area contributed by atoms with Gasteiger partial charge in [-0.3, -0.25) is 10.1 Å². The maximum absolute atomic E-state index is 11.9. The minimum atomic E-state index is -1.17. The number of nitrogens with two attached hydrogens (primary N) is 1. The predicted octanol–water partition coefficient (Wildman–Crippen LogP) is 1.46. The largest absolute Gasteiger partial charge is 0.453 e. The van der Waals surface area contributed by atoms with E-state index in [1.165, 1.54) is 19.1 Å². The predicted molar refractivity (Wildman–Crippen MR) is 74.0 cm³/mol. The van der Waals surface area contributed by atoms with Gasteiger partial charge in [-0.25, -0.2) is 9.59 Å². The van der Waals surface area contributed by atoms with E-state index in [1.807, 2.05) is 5.32 Å². The molecule has 3 N–H and O–H groups in total. The number of ether oxygens (including phenoxy) is 2. The van der Waals surface area contributed by atoms with Crippen LogP contribution in [0.2, 0.25) is 0 Å². The van der Waals surface area contributed by atoms with Gasteiger partial charge >= 0.3 is 12.1 Å². The molecular weight excluding hydrogens is 332 g/mol. The Bertz CT molecular complexity index is 547. The number of rotatable bonds is 3. The first-order valence-corrected chi connectivity index (χ1v) is 6.29. The van der Waals surface area contributed by atoms with E-state index in [0.717, 1.165) is 7.11 Å². The fraction of sp³-hybridized carbons (Fsp3) is 0.250. The van der Waals surface area contributed by atoms with E-state index in [-0.39, 0.29) is 11.3 Å². The van der Waals surface area contributed by atoms with Gasteiger partial charge in [-0.05, 0) is 25.1 Å². The molecule has 0 fully saturated rings. The number of nitrogens with one attached hydrogen (secondary N) is 1. The van der Waals surface area contributed by atoms with Gasteiger partial charge in [0.2, 0.25) is 0 Å². The lowest BCUT2D eigenvalue weighted by Gasteiger charge is -2.13. The van der Waals surface area contributed by atoms with Crippen molar-refractivity contribution in [2.45, 2.75) is 13.0 Å². The zero-order valence-electron chi connectivity index (χ0n) is 10.8. The van der Waals surface area contributed by atoms with Crippen LogP contribution in [0.1, 0.15) is 17.3 Å². The van der Waals surface area contributed by atoms with E-state index in [9.17, 15) is 14.4 Å². The Kier molecular flexibility index (Phi) is 5.51. The lowest BCUT2D eigenvalue weighted by Crippen LogP contribution is -2.39. The fourth-order valence-electron chi connectivity index (χ4n) is 1.24. The number of nitrogen functional groups attached to an aromatic ring is 1. The number of alkyl carbamates (subject to hydrolysis) is 1. The Morgan fingerprint density at radius 3 is 2.60 bits per heavy atom. The van der Waals surface area contributed by atoms with E-state index in [1.54, 1.807) is 6.07 Å². The molecule has 1 aromatic rings. The maximum Gasteiger partial charge on any atom is 0.413 e. The molecule has 1 rings (SSSR count). The molecule has 1 atom stereocenters. The van der Waals surface area contributed by atoms with Crippen molar-refractivity contribution < 1.29 is 23.9 Å². The average Bonchev–Trinajstić information content (AvgIpc) is 2.40. The second-order valence-electron chi connectivity index (χ2n) is 3.76. The van der Waals surface area contributed by atoms with Crippen LogP contribution in [-0.4, -0.2) is 31.2 Å². The fourth-order valence-corrected chi connectivity index (χ4v) is 1.60. The summed E-state index contributed by atoms with van der Waals surface area (Å²) in [6, 6.07) is 4.67. The molecule has 2 amide bonds. The van der Waals surface area contributed by atoms with Crippen LogP contribution in [0.5, 0.6) is 0 Å². The Hall–Kier alpha value is -2.09. The zero-order chi connectivity index (χ0) is 15.3. The van der Waals surface area contributed by atoms with E-state index in [0.29, 0.717) is 4.47 Å². The van der Waals surface area contributed by atoms with Gasteiger partial charge in [-0.2, -0.15) is 0 Å². The molecule has 0 heterocycles. The molecule has 20 heavy (non-hydrogen) atoms. The summed E-state index contributed by atoms with van der Waals surface area (Å²) >= 11 is 3.20. The summed E-state index contributed by atoms with van der Waals surface area (Å²) in [5.74, 6) is -1.56. The minimum Gasteiger partial charge on any atom is -0.453 e. The Morgan fingerprint density at radius 1 is 1.35 bits per heavy atom. The van der Waals surface area contributed by atoms with Crippen molar-refractivity contribution in [1.29, 1.82) is 0 Å². The summed E-state index contributed by atoms with van der Waals surface area (Å²) in [5.41, 5.74) is 5.99. The highest BCUT2D eigenvalue weighted by molar-refractivity contribution is 9.10. The molecule has 0 aromatic heterocycles. The van der Waals surface area contributed by atoms with Gasteiger partial charge in [-0.15, -0.1) is 0 Å². The zero-order valence-corrected chi connectivity index (χ0v) is 12.4. The number of methoxy groups -OCH3 is 1. The molecule has 0 saturated heterocycles. The highest BCUT2D eigenvalue weighted by Gasteiger charge is 2.22. The molecule has 8 heteroatoms. The highest BCUT2D eigenvalue weighted by atomic mass is 79.9. The van der Waals surface area contributed by atoms with E-state index in [4.69, 9.17) is 10.5 Å². The number of carbonyl (C=O) groups excluding carboxylic acids is 3. The summed E-state index contributed by atoms with van der Waals surface area (Å²) in [6.45, 7) is 1.32. The smallest absolute Gasteiger partial charge is 0.413 e. The summed E-state index contributed by atoms with van der Waals surface area (Å²) in [5, 5.41) is 1.89. The monoisotopic (exact) mass is 344 g/mol. The second-order valence-corrected chi connectivity index (χ2v) is 4.68.